The topological polar surface area (TPSA) is 52.3 Å². The fraction of sp³-hybridized carbons (Fsp3) is 0.188. The number of carbonyl (C=O) groups excluding carboxylic acids is 1. The second kappa shape index (κ2) is 7.56. The molecule has 0 radical (unpaired) electrons. The summed E-state index contributed by atoms with van der Waals surface area (Å²) in [5.41, 5.74) is 8.55. The Balaban J connectivity index is 0.00000200. The number of anilines is 1. The molecule has 2 N–H and O–H groups in total. The van der Waals surface area contributed by atoms with Gasteiger partial charge in [0.15, 0.2) is 0 Å². The Hall–Kier alpha value is -2.00. The number of rotatable bonds is 4. The lowest BCUT2D eigenvalue weighted by Gasteiger charge is -2.05. The summed E-state index contributed by atoms with van der Waals surface area (Å²) < 4.78 is 5.25. The van der Waals surface area contributed by atoms with Crippen molar-refractivity contribution in [2.45, 2.75) is 19.8 Å². The first-order valence-electron chi connectivity index (χ1n) is 6.25. The second-order valence-corrected chi connectivity index (χ2v) is 4.53. The highest BCUT2D eigenvalue weighted by Gasteiger charge is 2.05. The molecule has 4 heteroatoms. The molecule has 0 aliphatic heterocycles. The quantitative estimate of drug-likeness (QED) is 0.532. The lowest BCUT2D eigenvalue weighted by molar-refractivity contribution is -0.134. The van der Waals surface area contributed by atoms with Crippen LogP contribution in [-0.4, -0.2) is 5.97 Å². The van der Waals surface area contributed by atoms with E-state index < -0.39 is 0 Å². The number of benzene rings is 2. The van der Waals surface area contributed by atoms with Crippen molar-refractivity contribution in [2.24, 2.45) is 0 Å². The van der Waals surface area contributed by atoms with Crippen LogP contribution >= 0.6 is 12.4 Å². The Kier molecular flexibility index (Phi) is 6.07. The highest BCUT2D eigenvalue weighted by Crippen LogP contribution is 2.13. The van der Waals surface area contributed by atoms with Crippen molar-refractivity contribution < 1.29 is 9.53 Å². The molecule has 2 aromatic rings. The monoisotopic (exact) mass is 291 g/mol. The van der Waals surface area contributed by atoms with Crippen molar-refractivity contribution in [2.75, 3.05) is 5.73 Å². The summed E-state index contributed by atoms with van der Waals surface area (Å²) in [6, 6.07) is 15.0. The van der Waals surface area contributed by atoms with Crippen molar-refractivity contribution in [1.29, 1.82) is 0 Å². The van der Waals surface area contributed by atoms with E-state index in [0.29, 0.717) is 18.6 Å². The van der Waals surface area contributed by atoms with Gasteiger partial charge >= 0.3 is 5.97 Å². The number of ether oxygens (including phenoxy) is 1. The average Bonchev–Trinajstić information content (AvgIpc) is 2.41. The van der Waals surface area contributed by atoms with Crippen molar-refractivity contribution in [3.8, 4) is 5.75 Å². The van der Waals surface area contributed by atoms with Gasteiger partial charge in [-0.25, -0.2) is 0 Å². The van der Waals surface area contributed by atoms with E-state index in [4.69, 9.17) is 10.5 Å². The van der Waals surface area contributed by atoms with Gasteiger partial charge in [0, 0.05) is 12.1 Å². The summed E-state index contributed by atoms with van der Waals surface area (Å²) in [6.45, 7) is 1.99. The molecule has 20 heavy (non-hydrogen) atoms. The third-order valence-corrected chi connectivity index (χ3v) is 2.85. The predicted molar refractivity (Wildman–Crippen MR) is 83.2 cm³/mol. The van der Waals surface area contributed by atoms with Gasteiger partial charge in [0.25, 0.3) is 0 Å². The molecule has 0 saturated carbocycles. The second-order valence-electron chi connectivity index (χ2n) is 4.53. The Bertz CT molecular complexity index is 550. The maximum atomic E-state index is 11.7. The first-order valence-corrected chi connectivity index (χ1v) is 6.25. The van der Waals surface area contributed by atoms with E-state index >= 15 is 0 Å². The summed E-state index contributed by atoms with van der Waals surface area (Å²) in [6.07, 6.45) is 1.02. The van der Waals surface area contributed by atoms with Crippen LogP contribution in [0.5, 0.6) is 5.75 Å². The van der Waals surface area contributed by atoms with Crippen molar-refractivity contribution in [1.82, 2.24) is 0 Å². The smallest absolute Gasteiger partial charge is 0.311 e. The number of halogens is 1. The van der Waals surface area contributed by atoms with Crippen LogP contribution in [0.2, 0.25) is 0 Å². The number of aryl methyl sites for hydroxylation is 2. The lowest BCUT2D eigenvalue weighted by Crippen LogP contribution is -2.09. The van der Waals surface area contributed by atoms with E-state index in [9.17, 15) is 4.79 Å². The predicted octanol–water partition coefficient (Wildman–Crippen LogP) is 3.54. The van der Waals surface area contributed by atoms with Gasteiger partial charge in [-0.15, -0.1) is 12.4 Å². The Morgan fingerprint density at radius 3 is 2.25 bits per heavy atom. The van der Waals surface area contributed by atoms with Crippen LogP contribution in [0.25, 0.3) is 0 Å². The van der Waals surface area contributed by atoms with Gasteiger partial charge in [0.2, 0.25) is 0 Å². The third kappa shape index (κ3) is 4.94. The first-order chi connectivity index (χ1) is 9.13. The largest absolute Gasteiger partial charge is 0.427 e. The molecule has 0 heterocycles. The normalized spacial score (nSPS) is 9.65. The summed E-state index contributed by atoms with van der Waals surface area (Å²) in [7, 11) is 0. The van der Waals surface area contributed by atoms with Gasteiger partial charge in [0.05, 0.1) is 0 Å². The summed E-state index contributed by atoms with van der Waals surface area (Å²) >= 11 is 0. The number of hydrogen-bond donors (Lipinski definition) is 1. The Morgan fingerprint density at radius 2 is 1.65 bits per heavy atom. The average molecular weight is 292 g/mol. The Labute approximate surface area is 125 Å². The molecular weight excluding hydrogens is 274 g/mol. The summed E-state index contributed by atoms with van der Waals surface area (Å²) in [5.74, 6) is 0.369. The van der Waals surface area contributed by atoms with Gasteiger partial charge in [-0.2, -0.15) is 0 Å². The number of nitrogens with two attached hydrogens (primary N) is 1. The highest BCUT2D eigenvalue weighted by molar-refractivity contribution is 5.85. The van der Waals surface area contributed by atoms with E-state index in [1.165, 1.54) is 0 Å². The molecule has 2 rings (SSSR count). The number of nitrogen functional groups attached to an aromatic ring is 1. The molecule has 0 aromatic heterocycles. The fourth-order valence-electron chi connectivity index (χ4n) is 1.72. The van der Waals surface area contributed by atoms with Crippen LogP contribution < -0.4 is 10.5 Å². The zero-order valence-electron chi connectivity index (χ0n) is 11.3. The molecule has 0 fully saturated rings. The van der Waals surface area contributed by atoms with E-state index in [1.807, 2.05) is 43.3 Å². The lowest BCUT2D eigenvalue weighted by atomic mass is 10.1. The van der Waals surface area contributed by atoms with Gasteiger partial charge in [0.1, 0.15) is 5.75 Å². The fourth-order valence-corrected chi connectivity index (χ4v) is 1.72. The van der Waals surface area contributed by atoms with Crippen LogP contribution in [0.3, 0.4) is 0 Å². The maximum Gasteiger partial charge on any atom is 0.311 e. The molecule has 0 atom stereocenters. The SMILES string of the molecule is Cc1ccc(OC(=O)CCc2ccc(N)cc2)cc1.Cl. The zero-order chi connectivity index (χ0) is 13.7. The van der Waals surface area contributed by atoms with Crippen LogP contribution in [0.4, 0.5) is 5.69 Å². The number of hydrogen-bond acceptors (Lipinski definition) is 3. The molecular formula is C16H18ClNO2. The summed E-state index contributed by atoms with van der Waals surface area (Å²) in [4.78, 5) is 11.7. The van der Waals surface area contributed by atoms with Crippen LogP contribution in [-0.2, 0) is 11.2 Å². The Morgan fingerprint density at radius 1 is 1.05 bits per heavy atom. The van der Waals surface area contributed by atoms with Gasteiger partial charge in [-0.1, -0.05) is 29.8 Å². The van der Waals surface area contributed by atoms with Crippen LogP contribution in [0.15, 0.2) is 48.5 Å². The molecule has 2 aromatic carbocycles. The van der Waals surface area contributed by atoms with E-state index in [-0.39, 0.29) is 18.4 Å². The zero-order valence-corrected chi connectivity index (χ0v) is 12.2. The van der Waals surface area contributed by atoms with Crippen molar-refractivity contribution >= 4 is 24.1 Å². The van der Waals surface area contributed by atoms with Gasteiger partial charge in [-0.05, 0) is 43.2 Å². The third-order valence-electron chi connectivity index (χ3n) is 2.85. The molecule has 0 amide bonds. The molecule has 106 valence electrons. The van der Waals surface area contributed by atoms with E-state index in [1.54, 1.807) is 12.1 Å². The standard InChI is InChI=1S/C16H17NO2.ClH/c1-12-2-9-15(10-3-12)19-16(18)11-6-13-4-7-14(17)8-5-13;/h2-5,7-10H,6,11,17H2,1H3;1H. The molecule has 0 aliphatic carbocycles. The highest BCUT2D eigenvalue weighted by atomic mass is 35.5. The maximum absolute atomic E-state index is 11.7. The molecule has 0 bridgehead atoms. The minimum atomic E-state index is -0.222. The van der Waals surface area contributed by atoms with Crippen molar-refractivity contribution in [3.05, 3.63) is 59.7 Å². The molecule has 0 unspecified atom stereocenters. The van der Waals surface area contributed by atoms with Crippen LogP contribution in [0, 0.1) is 6.92 Å². The molecule has 0 saturated heterocycles. The number of esters is 1. The minimum absolute atomic E-state index is 0. The summed E-state index contributed by atoms with van der Waals surface area (Å²) in [5, 5.41) is 0. The van der Waals surface area contributed by atoms with E-state index in [2.05, 4.69) is 0 Å². The first kappa shape index (κ1) is 16.1. The van der Waals surface area contributed by atoms with E-state index in [0.717, 1.165) is 16.8 Å². The molecule has 0 aliphatic rings. The van der Waals surface area contributed by atoms with Gasteiger partial charge < -0.3 is 10.5 Å². The van der Waals surface area contributed by atoms with Crippen molar-refractivity contribution in [3.63, 3.8) is 0 Å². The number of carbonyl (C=O) groups is 1. The minimum Gasteiger partial charge on any atom is -0.427 e. The van der Waals surface area contributed by atoms with Gasteiger partial charge in [-0.3, -0.25) is 4.79 Å². The van der Waals surface area contributed by atoms with Crippen LogP contribution in [0.1, 0.15) is 17.5 Å². The molecule has 0 spiro atoms. The molecule has 3 nitrogen and oxygen atoms in total.